The number of hydrogen-bond donors (Lipinski definition) is 1. The molecule has 0 unspecified atom stereocenters. The molecule has 1 N–H and O–H groups in total. The van der Waals surface area contributed by atoms with Crippen LogP contribution in [-0.4, -0.2) is 36.3 Å². The third kappa shape index (κ3) is 4.64. The Morgan fingerprint density at radius 3 is 2.43 bits per heavy atom. The Morgan fingerprint density at radius 2 is 2.00 bits per heavy atom. The van der Waals surface area contributed by atoms with E-state index in [1.165, 1.54) is 11.0 Å². The molecule has 0 bridgehead atoms. The van der Waals surface area contributed by atoms with Gasteiger partial charge in [0.15, 0.2) is 0 Å². The number of nitrogens with one attached hydrogen (secondary N) is 1. The second kappa shape index (κ2) is 7.12. The Hall–Kier alpha value is -1.32. The molecule has 0 heterocycles. The standard InChI is InChI=1S/C10H18N2O2/c1-4-7-10(14)12(6-3)8-9(13)11-5-2/h4,7H,5-6,8H2,1-3H3,(H,11,13). The van der Waals surface area contributed by atoms with Gasteiger partial charge in [-0.2, -0.15) is 0 Å². The van der Waals surface area contributed by atoms with Gasteiger partial charge in [-0.25, -0.2) is 0 Å². The van der Waals surface area contributed by atoms with Crippen LogP contribution in [0.1, 0.15) is 20.8 Å². The van der Waals surface area contributed by atoms with Crippen molar-refractivity contribution in [1.82, 2.24) is 10.2 Å². The highest BCUT2D eigenvalue weighted by Crippen LogP contribution is 1.91. The molecule has 0 aromatic carbocycles. The van der Waals surface area contributed by atoms with Gasteiger partial charge in [0.05, 0.1) is 6.54 Å². The fraction of sp³-hybridized carbons (Fsp3) is 0.600. The van der Waals surface area contributed by atoms with E-state index in [2.05, 4.69) is 5.32 Å². The molecule has 14 heavy (non-hydrogen) atoms. The molecule has 0 saturated carbocycles. The monoisotopic (exact) mass is 198 g/mol. The van der Waals surface area contributed by atoms with E-state index in [0.29, 0.717) is 13.1 Å². The number of carbonyl (C=O) groups excluding carboxylic acids is 2. The lowest BCUT2D eigenvalue weighted by molar-refractivity contribution is -0.132. The highest BCUT2D eigenvalue weighted by molar-refractivity contribution is 5.91. The van der Waals surface area contributed by atoms with E-state index in [4.69, 9.17) is 0 Å². The van der Waals surface area contributed by atoms with Crippen molar-refractivity contribution in [1.29, 1.82) is 0 Å². The van der Waals surface area contributed by atoms with Crippen molar-refractivity contribution < 1.29 is 9.59 Å². The number of likely N-dealkylation sites (N-methyl/N-ethyl adjacent to an activating group) is 2. The maximum absolute atomic E-state index is 11.4. The molecule has 0 radical (unpaired) electrons. The minimum absolute atomic E-state index is 0.118. The smallest absolute Gasteiger partial charge is 0.246 e. The zero-order chi connectivity index (χ0) is 11.0. The summed E-state index contributed by atoms with van der Waals surface area (Å²) in [5.74, 6) is -0.242. The SMILES string of the molecule is CC=CC(=O)N(CC)CC(=O)NCC. The van der Waals surface area contributed by atoms with Crippen LogP contribution < -0.4 is 5.32 Å². The quantitative estimate of drug-likeness (QED) is 0.656. The lowest BCUT2D eigenvalue weighted by Gasteiger charge is -2.18. The average molecular weight is 198 g/mol. The van der Waals surface area contributed by atoms with Gasteiger partial charge >= 0.3 is 0 Å². The Balaban J connectivity index is 4.14. The number of amides is 2. The van der Waals surface area contributed by atoms with Gasteiger partial charge < -0.3 is 10.2 Å². The van der Waals surface area contributed by atoms with Crippen LogP contribution in [0.2, 0.25) is 0 Å². The van der Waals surface area contributed by atoms with Gasteiger partial charge in [-0.15, -0.1) is 0 Å². The lowest BCUT2D eigenvalue weighted by atomic mass is 10.4. The Bertz CT molecular complexity index is 224. The minimum Gasteiger partial charge on any atom is -0.355 e. The zero-order valence-electron chi connectivity index (χ0n) is 9.04. The summed E-state index contributed by atoms with van der Waals surface area (Å²) in [7, 11) is 0. The third-order valence-electron chi connectivity index (χ3n) is 1.71. The first-order valence-corrected chi connectivity index (χ1v) is 4.83. The van der Waals surface area contributed by atoms with Crippen molar-refractivity contribution >= 4 is 11.8 Å². The Kier molecular flexibility index (Phi) is 6.45. The summed E-state index contributed by atoms with van der Waals surface area (Å²) in [6.45, 7) is 6.74. The van der Waals surface area contributed by atoms with E-state index >= 15 is 0 Å². The molecule has 0 spiro atoms. The van der Waals surface area contributed by atoms with Gasteiger partial charge in [0.1, 0.15) is 0 Å². The largest absolute Gasteiger partial charge is 0.355 e. The molecular formula is C10H18N2O2. The van der Waals surface area contributed by atoms with Crippen molar-refractivity contribution in [3.05, 3.63) is 12.2 Å². The first kappa shape index (κ1) is 12.7. The summed E-state index contributed by atoms with van der Waals surface area (Å²) in [6, 6.07) is 0. The molecule has 4 nitrogen and oxygen atoms in total. The summed E-state index contributed by atoms with van der Waals surface area (Å²) in [6.07, 6.45) is 3.13. The van der Waals surface area contributed by atoms with Gasteiger partial charge in [-0.05, 0) is 26.8 Å². The summed E-state index contributed by atoms with van der Waals surface area (Å²) in [5, 5.41) is 2.65. The summed E-state index contributed by atoms with van der Waals surface area (Å²) < 4.78 is 0. The predicted molar refractivity (Wildman–Crippen MR) is 55.8 cm³/mol. The fourth-order valence-electron chi connectivity index (χ4n) is 1.02. The topological polar surface area (TPSA) is 49.4 Å². The number of hydrogen-bond acceptors (Lipinski definition) is 2. The molecular weight excluding hydrogens is 180 g/mol. The fourth-order valence-corrected chi connectivity index (χ4v) is 1.02. The highest BCUT2D eigenvalue weighted by Gasteiger charge is 2.11. The zero-order valence-corrected chi connectivity index (χ0v) is 9.04. The van der Waals surface area contributed by atoms with Crippen LogP contribution in [0.4, 0.5) is 0 Å². The minimum atomic E-state index is -0.124. The molecule has 4 heteroatoms. The predicted octanol–water partition coefficient (Wildman–Crippen LogP) is 0.547. The molecule has 0 saturated heterocycles. The molecule has 0 aliphatic carbocycles. The van der Waals surface area contributed by atoms with Crippen LogP contribution in [0.25, 0.3) is 0 Å². The average Bonchev–Trinajstić information content (AvgIpc) is 2.15. The Morgan fingerprint density at radius 1 is 1.36 bits per heavy atom. The van der Waals surface area contributed by atoms with Crippen LogP contribution in [0.3, 0.4) is 0 Å². The van der Waals surface area contributed by atoms with Crippen molar-refractivity contribution in [3.63, 3.8) is 0 Å². The maximum Gasteiger partial charge on any atom is 0.246 e. The van der Waals surface area contributed by atoms with Crippen LogP contribution in [-0.2, 0) is 9.59 Å². The number of nitrogens with zero attached hydrogens (tertiary/aromatic N) is 1. The number of allylic oxidation sites excluding steroid dienone is 1. The van der Waals surface area contributed by atoms with Crippen LogP contribution in [0.15, 0.2) is 12.2 Å². The van der Waals surface area contributed by atoms with Gasteiger partial charge in [0, 0.05) is 13.1 Å². The number of rotatable bonds is 5. The van der Waals surface area contributed by atoms with Crippen LogP contribution >= 0.6 is 0 Å². The molecule has 0 aliphatic rings. The molecule has 2 amide bonds. The van der Waals surface area contributed by atoms with Gasteiger partial charge in [-0.3, -0.25) is 9.59 Å². The molecule has 0 rings (SSSR count). The molecule has 0 fully saturated rings. The van der Waals surface area contributed by atoms with E-state index in [1.54, 1.807) is 13.0 Å². The first-order valence-electron chi connectivity index (χ1n) is 4.83. The van der Waals surface area contributed by atoms with Crippen molar-refractivity contribution in [3.8, 4) is 0 Å². The van der Waals surface area contributed by atoms with E-state index < -0.39 is 0 Å². The van der Waals surface area contributed by atoms with E-state index in [1.807, 2.05) is 13.8 Å². The molecule has 0 aromatic rings. The number of carbonyl (C=O) groups is 2. The van der Waals surface area contributed by atoms with Gasteiger partial charge in [0.2, 0.25) is 11.8 Å². The molecule has 0 atom stereocenters. The lowest BCUT2D eigenvalue weighted by Crippen LogP contribution is -2.39. The van der Waals surface area contributed by atoms with Crippen molar-refractivity contribution in [2.75, 3.05) is 19.6 Å². The van der Waals surface area contributed by atoms with Crippen LogP contribution in [0, 0.1) is 0 Å². The highest BCUT2D eigenvalue weighted by atomic mass is 16.2. The molecule has 80 valence electrons. The summed E-state index contributed by atoms with van der Waals surface area (Å²) >= 11 is 0. The normalized spacial score (nSPS) is 10.2. The Labute approximate surface area is 85.0 Å². The third-order valence-corrected chi connectivity index (χ3v) is 1.71. The van der Waals surface area contributed by atoms with Crippen molar-refractivity contribution in [2.24, 2.45) is 0 Å². The maximum atomic E-state index is 11.4. The van der Waals surface area contributed by atoms with E-state index in [0.717, 1.165) is 0 Å². The van der Waals surface area contributed by atoms with Crippen LogP contribution in [0.5, 0.6) is 0 Å². The van der Waals surface area contributed by atoms with Crippen molar-refractivity contribution in [2.45, 2.75) is 20.8 Å². The molecule has 0 aromatic heterocycles. The second-order valence-electron chi connectivity index (χ2n) is 2.81. The van der Waals surface area contributed by atoms with Gasteiger partial charge in [0.25, 0.3) is 0 Å². The van der Waals surface area contributed by atoms with E-state index in [-0.39, 0.29) is 18.4 Å². The van der Waals surface area contributed by atoms with Gasteiger partial charge in [-0.1, -0.05) is 6.08 Å². The summed E-state index contributed by atoms with van der Waals surface area (Å²) in [5.41, 5.74) is 0. The first-order chi connectivity index (χ1) is 6.65. The second-order valence-corrected chi connectivity index (χ2v) is 2.81. The van der Waals surface area contributed by atoms with E-state index in [9.17, 15) is 9.59 Å². The molecule has 0 aliphatic heterocycles. The summed E-state index contributed by atoms with van der Waals surface area (Å²) in [4.78, 5) is 24.1.